The molecule has 4 nitrogen and oxygen atoms in total. The first-order chi connectivity index (χ1) is 8.08. The van der Waals surface area contributed by atoms with Crippen molar-refractivity contribution in [1.29, 1.82) is 0 Å². The van der Waals surface area contributed by atoms with Gasteiger partial charge < -0.3 is 15.7 Å². The third-order valence-electron chi connectivity index (χ3n) is 4.38. The molecule has 0 spiro atoms. The van der Waals surface area contributed by atoms with E-state index in [1.165, 1.54) is 0 Å². The maximum Gasteiger partial charge on any atom is 0.225 e. The van der Waals surface area contributed by atoms with Crippen LogP contribution in [0.25, 0.3) is 0 Å². The predicted octanol–water partition coefficient (Wildman–Crippen LogP) is 0.733. The summed E-state index contributed by atoms with van der Waals surface area (Å²) in [5.41, 5.74) is 6.05. The second kappa shape index (κ2) is 5.36. The Kier molecular flexibility index (Phi) is 4.05. The fraction of sp³-hybridized carbons (Fsp3) is 0.923. The summed E-state index contributed by atoms with van der Waals surface area (Å²) in [6.07, 6.45) is 4.11. The topological polar surface area (TPSA) is 66.6 Å². The van der Waals surface area contributed by atoms with Gasteiger partial charge in [-0.25, -0.2) is 0 Å². The van der Waals surface area contributed by atoms with Crippen LogP contribution in [0.15, 0.2) is 0 Å². The summed E-state index contributed by atoms with van der Waals surface area (Å²) in [5, 5.41) is 9.44. The van der Waals surface area contributed by atoms with Crippen LogP contribution >= 0.6 is 0 Å². The number of piperidine rings is 1. The molecule has 3 atom stereocenters. The monoisotopic (exact) mass is 240 g/mol. The van der Waals surface area contributed by atoms with Crippen LogP contribution in [-0.4, -0.2) is 41.1 Å². The number of nitrogens with zero attached hydrogens (tertiary/aromatic N) is 1. The Morgan fingerprint density at radius 3 is 2.47 bits per heavy atom. The van der Waals surface area contributed by atoms with Crippen molar-refractivity contribution in [2.75, 3.05) is 13.1 Å². The minimum Gasteiger partial charge on any atom is -0.393 e. The Morgan fingerprint density at radius 2 is 1.88 bits per heavy atom. The van der Waals surface area contributed by atoms with Gasteiger partial charge in [-0.3, -0.25) is 4.79 Å². The lowest BCUT2D eigenvalue weighted by molar-refractivity contribution is -0.139. The molecule has 98 valence electrons. The molecule has 0 aromatic heterocycles. The van der Waals surface area contributed by atoms with Crippen molar-refractivity contribution < 1.29 is 9.90 Å². The van der Waals surface area contributed by atoms with E-state index in [0.717, 1.165) is 32.1 Å². The maximum absolute atomic E-state index is 12.3. The zero-order valence-corrected chi connectivity index (χ0v) is 10.6. The summed E-state index contributed by atoms with van der Waals surface area (Å²) in [5.74, 6) is 0.929. The molecule has 0 aromatic rings. The normalized spacial score (nSPS) is 35.9. The molecule has 3 unspecified atom stereocenters. The third kappa shape index (κ3) is 2.99. The molecule has 0 aromatic carbocycles. The highest BCUT2D eigenvalue weighted by Crippen LogP contribution is 2.29. The van der Waals surface area contributed by atoms with Gasteiger partial charge in [0.1, 0.15) is 0 Å². The second-order valence-corrected chi connectivity index (χ2v) is 5.71. The van der Waals surface area contributed by atoms with E-state index in [4.69, 9.17) is 5.73 Å². The second-order valence-electron chi connectivity index (χ2n) is 5.71. The van der Waals surface area contributed by atoms with Crippen molar-refractivity contribution in [3.63, 3.8) is 0 Å². The smallest absolute Gasteiger partial charge is 0.225 e. The summed E-state index contributed by atoms with van der Waals surface area (Å²) in [4.78, 5) is 14.2. The van der Waals surface area contributed by atoms with Crippen molar-refractivity contribution in [3.05, 3.63) is 0 Å². The minimum atomic E-state index is -0.215. The minimum absolute atomic E-state index is 0.122. The van der Waals surface area contributed by atoms with Crippen LogP contribution in [0, 0.1) is 11.8 Å². The van der Waals surface area contributed by atoms with Crippen molar-refractivity contribution in [2.24, 2.45) is 17.6 Å². The molecular formula is C13H24N2O2. The standard InChI is InChI=1S/C13H24N2O2/c1-9-2-3-10(8-12(9)14)13(17)15-6-4-11(16)5-7-15/h9-12,16H,2-8,14H2,1H3. The SMILES string of the molecule is CC1CCC(C(=O)N2CCC(O)CC2)CC1N. The molecule has 2 fully saturated rings. The van der Waals surface area contributed by atoms with Gasteiger partial charge in [0.05, 0.1) is 6.10 Å². The van der Waals surface area contributed by atoms with Gasteiger partial charge in [-0.1, -0.05) is 6.92 Å². The Hall–Kier alpha value is -0.610. The fourth-order valence-electron chi connectivity index (χ4n) is 2.93. The molecule has 4 heteroatoms. The number of hydrogen-bond acceptors (Lipinski definition) is 3. The predicted molar refractivity (Wildman–Crippen MR) is 66.3 cm³/mol. The zero-order chi connectivity index (χ0) is 12.4. The zero-order valence-electron chi connectivity index (χ0n) is 10.6. The van der Waals surface area contributed by atoms with E-state index in [1.807, 2.05) is 4.90 Å². The summed E-state index contributed by atoms with van der Waals surface area (Å²) >= 11 is 0. The average Bonchev–Trinajstić information content (AvgIpc) is 2.33. The summed E-state index contributed by atoms with van der Waals surface area (Å²) in [6.45, 7) is 3.59. The quantitative estimate of drug-likeness (QED) is 0.710. The number of likely N-dealkylation sites (tertiary alicyclic amines) is 1. The van der Waals surface area contributed by atoms with Crippen LogP contribution in [0.4, 0.5) is 0 Å². The number of hydrogen-bond donors (Lipinski definition) is 2. The van der Waals surface area contributed by atoms with Gasteiger partial charge >= 0.3 is 0 Å². The van der Waals surface area contributed by atoms with Gasteiger partial charge in [-0.2, -0.15) is 0 Å². The van der Waals surface area contributed by atoms with Crippen molar-refractivity contribution in [2.45, 2.75) is 51.2 Å². The molecule has 0 radical (unpaired) electrons. The van der Waals surface area contributed by atoms with Crippen molar-refractivity contribution >= 4 is 5.91 Å². The third-order valence-corrected chi connectivity index (χ3v) is 4.38. The highest BCUT2D eigenvalue weighted by Gasteiger charge is 2.33. The molecule has 1 aliphatic heterocycles. The summed E-state index contributed by atoms with van der Waals surface area (Å²) in [7, 11) is 0. The van der Waals surface area contributed by atoms with Crippen LogP contribution in [0.3, 0.4) is 0 Å². The van der Waals surface area contributed by atoms with E-state index in [1.54, 1.807) is 0 Å². The Morgan fingerprint density at radius 1 is 1.24 bits per heavy atom. The maximum atomic E-state index is 12.3. The fourth-order valence-corrected chi connectivity index (χ4v) is 2.93. The number of carbonyl (C=O) groups excluding carboxylic acids is 1. The molecule has 17 heavy (non-hydrogen) atoms. The molecule has 1 aliphatic carbocycles. The molecule has 2 aliphatic rings. The molecule has 1 amide bonds. The van der Waals surface area contributed by atoms with Crippen LogP contribution in [-0.2, 0) is 4.79 Å². The molecule has 1 heterocycles. The number of amides is 1. The van der Waals surface area contributed by atoms with Crippen LogP contribution in [0.2, 0.25) is 0 Å². The highest BCUT2D eigenvalue weighted by atomic mass is 16.3. The Bertz CT molecular complexity index is 275. The average molecular weight is 240 g/mol. The number of carbonyl (C=O) groups is 1. The Balaban J connectivity index is 1.87. The first-order valence-corrected chi connectivity index (χ1v) is 6.80. The first-order valence-electron chi connectivity index (χ1n) is 6.80. The lowest BCUT2D eigenvalue weighted by Gasteiger charge is -2.36. The van der Waals surface area contributed by atoms with Gasteiger partial charge in [0.15, 0.2) is 0 Å². The van der Waals surface area contributed by atoms with Gasteiger partial charge in [0.25, 0.3) is 0 Å². The lowest BCUT2D eigenvalue weighted by atomic mass is 9.79. The van der Waals surface area contributed by atoms with Crippen molar-refractivity contribution in [1.82, 2.24) is 4.90 Å². The largest absolute Gasteiger partial charge is 0.393 e. The van der Waals surface area contributed by atoms with E-state index in [2.05, 4.69) is 6.92 Å². The van der Waals surface area contributed by atoms with Crippen molar-refractivity contribution in [3.8, 4) is 0 Å². The van der Waals surface area contributed by atoms with Crippen LogP contribution in [0.5, 0.6) is 0 Å². The number of aliphatic hydroxyl groups excluding tert-OH is 1. The van der Waals surface area contributed by atoms with Crippen LogP contribution in [0.1, 0.15) is 39.0 Å². The lowest BCUT2D eigenvalue weighted by Crippen LogP contribution is -2.46. The molecular weight excluding hydrogens is 216 g/mol. The Labute approximate surface area is 103 Å². The molecule has 1 saturated heterocycles. The number of aliphatic hydroxyl groups is 1. The molecule has 2 rings (SSSR count). The van der Waals surface area contributed by atoms with Gasteiger partial charge in [0, 0.05) is 25.0 Å². The number of rotatable bonds is 1. The molecule has 3 N–H and O–H groups in total. The van der Waals surface area contributed by atoms with E-state index < -0.39 is 0 Å². The summed E-state index contributed by atoms with van der Waals surface area (Å²) in [6, 6.07) is 0.174. The van der Waals surface area contributed by atoms with Gasteiger partial charge in [-0.05, 0) is 38.0 Å². The summed E-state index contributed by atoms with van der Waals surface area (Å²) < 4.78 is 0. The van der Waals surface area contributed by atoms with E-state index >= 15 is 0 Å². The van der Waals surface area contributed by atoms with E-state index in [9.17, 15) is 9.90 Å². The van der Waals surface area contributed by atoms with E-state index in [0.29, 0.717) is 19.0 Å². The van der Waals surface area contributed by atoms with Crippen LogP contribution < -0.4 is 5.73 Å². The van der Waals surface area contributed by atoms with Gasteiger partial charge in [0.2, 0.25) is 5.91 Å². The molecule has 0 bridgehead atoms. The first kappa shape index (κ1) is 12.8. The molecule has 1 saturated carbocycles. The highest BCUT2D eigenvalue weighted by molar-refractivity contribution is 5.79. The van der Waals surface area contributed by atoms with E-state index in [-0.39, 0.29) is 24.0 Å². The number of nitrogens with two attached hydrogens (primary N) is 1. The van der Waals surface area contributed by atoms with Gasteiger partial charge in [-0.15, -0.1) is 0 Å².